The van der Waals surface area contributed by atoms with Gasteiger partial charge in [0, 0.05) is 24.1 Å². The van der Waals surface area contributed by atoms with Crippen molar-refractivity contribution < 1.29 is 19.2 Å². The molecule has 1 rings (SSSR count). The van der Waals surface area contributed by atoms with E-state index in [4.69, 9.17) is 0 Å². The standard InChI is InChI=1S/C13H13BrN2O5/c1-8(14)6-11(13(18)21-2)15-12(17)9-4-3-5-10(7-9)16(19)20/h3-5,7,11H,1,6H2,2H3,(H,15,17)/t11-/m0/s1. The molecule has 0 aromatic heterocycles. The van der Waals surface area contributed by atoms with Crippen LogP contribution in [0.3, 0.4) is 0 Å². The van der Waals surface area contributed by atoms with Crippen molar-refractivity contribution in [1.82, 2.24) is 5.32 Å². The topological polar surface area (TPSA) is 98.5 Å². The summed E-state index contributed by atoms with van der Waals surface area (Å²) in [6.07, 6.45) is 0.146. The number of hydrogen-bond acceptors (Lipinski definition) is 5. The number of esters is 1. The number of non-ortho nitro benzene ring substituents is 1. The third-order valence-electron chi connectivity index (χ3n) is 2.54. The van der Waals surface area contributed by atoms with E-state index in [0.717, 1.165) is 6.07 Å². The minimum Gasteiger partial charge on any atom is -0.467 e. The Labute approximate surface area is 129 Å². The first kappa shape index (κ1) is 16.8. The Balaban J connectivity index is 2.91. The Morgan fingerprint density at radius 1 is 1.52 bits per heavy atom. The SMILES string of the molecule is C=C(Br)C[C@H](NC(=O)c1cccc([N+](=O)[O-])c1)C(=O)OC. The maximum Gasteiger partial charge on any atom is 0.328 e. The van der Waals surface area contributed by atoms with Gasteiger partial charge < -0.3 is 10.1 Å². The number of hydrogen-bond donors (Lipinski definition) is 1. The summed E-state index contributed by atoms with van der Waals surface area (Å²) in [7, 11) is 1.20. The van der Waals surface area contributed by atoms with Crippen LogP contribution in [0.1, 0.15) is 16.8 Å². The van der Waals surface area contributed by atoms with Crippen LogP contribution in [-0.4, -0.2) is 30.0 Å². The molecule has 1 atom stereocenters. The number of ether oxygens (including phenoxy) is 1. The Bertz CT molecular complexity index is 588. The molecule has 0 saturated heterocycles. The number of halogens is 1. The zero-order valence-corrected chi connectivity index (χ0v) is 12.8. The molecule has 1 aromatic rings. The zero-order valence-electron chi connectivity index (χ0n) is 11.2. The molecule has 1 N–H and O–H groups in total. The molecule has 7 nitrogen and oxygen atoms in total. The van der Waals surface area contributed by atoms with E-state index >= 15 is 0 Å². The minimum atomic E-state index is -0.923. The molecule has 1 aromatic carbocycles. The van der Waals surface area contributed by atoms with Crippen LogP contribution in [0.25, 0.3) is 0 Å². The van der Waals surface area contributed by atoms with Crippen molar-refractivity contribution in [2.45, 2.75) is 12.5 Å². The predicted molar refractivity (Wildman–Crippen MR) is 79.1 cm³/mol. The third kappa shape index (κ3) is 4.99. The van der Waals surface area contributed by atoms with Gasteiger partial charge in [0.2, 0.25) is 0 Å². The van der Waals surface area contributed by atoms with Crippen LogP contribution in [0.2, 0.25) is 0 Å². The van der Waals surface area contributed by atoms with Crippen LogP contribution < -0.4 is 5.32 Å². The Morgan fingerprint density at radius 3 is 2.71 bits per heavy atom. The van der Waals surface area contributed by atoms with E-state index in [0.29, 0.717) is 4.48 Å². The average Bonchev–Trinajstić information content (AvgIpc) is 2.45. The summed E-state index contributed by atoms with van der Waals surface area (Å²) in [5.41, 5.74) is -0.125. The van der Waals surface area contributed by atoms with Crippen molar-refractivity contribution in [3.8, 4) is 0 Å². The minimum absolute atomic E-state index is 0.0817. The molecule has 8 heteroatoms. The van der Waals surface area contributed by atoms with E-state index in [1.54, 1.807) is 0 Å². The first-order chi connectivity index (χ1) is 9.85. The molecule has 1 amide bonds. The van der Waals surface area contributed by atoms with E-state index in [9.17, 15) is 19.7 Å². The summed E-state index contributed by atoms with van der Waals surface area (Å²) in [5, 5.41) is 13.1. The maximum atomic E-state index is 12.0. The van der Waals surface area contributed by atoms with Gasteiger partial charge in [0.05, 0.1) is 12.0 Å². The first-order valence-corrected chi connectivity index (χ1v) is 6.61. The van der Waals surface area contributed by atoms with Crippen LogP contribution in [0.4, 0.5) is 5.69 Å². The molecule has 0 aliphatic carbocycles. The number of methoxy groups -OCH3 is 1. The monoisotopic (exact) mass is 356 g/mol. The van der Waals surface area contributed by atoms with Crippen LogP contribution in [0.5, 0.6) is 0 Å². The lowest BCUT2D eigenvalue weighted by molar-refractivity contribution is -0.384. The van der Waals surface area contributed by atoms with Crippen molar-refractivity contribution >= 4 is 33.5 Å². The molecular formula is C13H13BrN2O5. The van der Waals surface area contributed by atoms with Crippen LogP contribution in [0.15, 0.2) is 35.3 Å². The molecule has 0 aliphatic rings. The Hall–Kier alpha value is -2.22. The summed E-state index contributed by atoms with van der Waals surface area (Å²) < 4.78 is 5.10. The highest BCUT2D eigenvalue weighted by Crippen LogP contribution is 2.15. The highest BCUT2D eigenvalue weighted by Gasteiger charge is 2.23. The van der Waals surface area contributed by atoms with Crippen LogP contribution >= 0.6 is 15.9 Å². The van der Waals surface area contributed by atoms with Crippen molar-refractivity contribution in [2.24, 2.45) is 0 Å². The number of carbonyl (C=O) groups excluding carboxylic acids is 2. The summed E-state index contributed by atoms with van der Waals surface area (Å²) in [6.45, 7) is 3.60. The molecule has 112 valence electrons. The molecule has 0 unspecified atom stereocenters. The highest BCUT2D eigenvalue weighted by molar-refractivity contribution is 9.11. The number of nitro benzene ring substituents is 1. The molecule has 0 aliphatic heterocycles. The summed E-state index contributed by atoms with van der Waals surface area (Å²) >= 11 is 3.11. The van der Waals surface area contributed by atoms with Gasteiger partial charge in [-0.2, -0.15) is 0 Å². The summed E-state index contributed by atoms with van der Waals surface area (Å²) in [4.78, 5) is 33.7. The maximum absolute atomic E-state index is 12.0. The van der Waals surface area contributed by atoms with Crippen molar-refractivity contribution in [2.75, 3.05) is 7.11 Å². The van der Waals surface area contributed by atoms with Gasteiger partial charge in [-0.3, -0.25) is 14.9 Å². The van der Waals surface area contributed by atoms with Crippen molar-refractivity contribution in [3.05, 3.63) is 51.0 Å². The van der Waals surface area contributed by atoms with Gasteiger partial charge in [-0.15, -0.1) is 0 Å². The number of nitro groups is 1. The molecule has 0 bridgehead atoms. The number of rotatable bonds is 6. The van der Waals surface area contributed by atoms with E-state index in [1.165, 1.54) is 25.3 Å². The smallest absolute Gasteiger partial charge is 0.328 e. The number of nitrogens with one attached hydrogen (secondary N) is 1. The normalized spacial score (nSPS) is 11.3. The molecular weight excluding hydrogens is 344 g/mol. The van der Waals surface area contributed by atoms with Gasteiger partial charge in [0.15, 0.2) is 0 Å². The lowest BCUT2D eigenvalue weighted by Gasteiger charge is -2.15. The van der Waals surface area contributed by atoms with Gasteiger partial charge in [0.25, 0.3) is 11.6 Å². The van der Waals surface area contributed by atoms with Gasteiger partial charge in [0.1, 0.15) is 6.04 Å². The lowest BCUT2D eigenvalue weighted by atomic mass is 10.1. The second kappa shape index (κ2) is 7.53. The number of carbonyl (C=O) groups is 2. The predicted octanol–water partition coefficient (Wildman–Crippen LogP) is 2.16. The first-order valence-electron chi connectivity index (χ1n) is 5.81. The van der Waals surface area contributed by atoms with Crippen molar-refractivity contribution in [3.63, 3.8) is 0 Å². The lowest BCUT2D eigenvalue weighted by Crippen LogP contribution is -2.41. The second-order valence-electron chi connectivity index (χ2n) is 4.08. The number of benzene rings is 1. The fraction of sp³-hybridized carbons (Fsp3) is 0.231. The zero-order chi connectivity index (χ0) is 16.0. The van der Waals surface area contributed by atoms with E-state index in [2.05, 4.69) is 32.6 Å². The molecule has 0 spiro atoms. The molecule has 0 saturated carbocycles. The fourth-order valence-electron chi connectivity index (χ4n) is 1.56. The quantitative estimate of drug-likeness (QED) is 0.478. The largest absolute Gasteiger partial charge is 0.467 e. The Morgan fingerprint density at radius 2 is 2.19 bits per heavy atom. The molecule has 21 heavy (non-hydrogen) atoms. The Kier molecular flexibility index (Phi) is 6.04. The van der Waals surface area contributed by atoms with Gasteiger partial charge >= 0.3 is 5.97 Å². The fourth-order valence-corrected chi connectivity index (χ4v) is 1.88. The van der Waals surface area contributed by atoms with Gasteiger partial charge in [-0.05, 0) is 10.5 Å². The van der Waals surface area contributed by atoms with Gasteiger partial charge in [-0.1, -0.05) is 28.6 Å². The van der Waals surface area contributed by atoms with Gasteiger partial charge in [-0.25, -0.2) is 4.79 Å². The van der Waals surface area contributed by atoms with Crippen molar-refractivity contribution in [1.29, 1.82) is 0 Å². The molecule has 0 fully saturated rings. The number of nitrogens with zero attached hydrogens (tertiary/aromatic N) is 1. The summed E-state index contributed by atoms with van der Waals surface area (Å²) in [6, 6.07) is 4.29. The molecule has 0 heterocycles. The van der Waals surface area contributed by atoms with Crippen LogP contribution in [0, 0.1) is 10.1 Å². The highest BCUT2D eigenvalue weighted by atomic mass is 79.9. The third-order valence-corrected chi connectivity index (χ3v) is 2.86. The van der Waals surface area contributed by atoms with E-state index in [1.807, 2.05) is 0 Å². The summed E-state index contributed by atoms with van der Waals surface area (Å²) in [5.74, 6) is -1.24. The van der Waals surface area contributed by atoms with Crippen LogP contribution in [-0.2, 0) is 9.53 Å². The average molecular weight is 357 g/mol. The number of amides is 1. The second-order valence-corrected chi connectivity index (χ2v) is 5.20. The molecule has 0 radical (unpaired) electrons. The van der Waals surface area contributed by atoms with E-state index in [-0.39, 0.29) is 17.7 Å². The van der Waals surface area contributed by atoms with E-state index < -0.39 is 22.8 Å².